The van der Waals surface area contributed by atoms with Crippen molar-refractivity contribution in [1.29, 1.82) is 0 Å². The number of anilines is 1. The molecule has 9 nitrogen and oxygen atoms in total. The van der Waals surface area contributed by atoms with E-state index in [9.17, 15) is 13.2 Å². The van der Waals surface area contributed by atoms with Gasteiger partial charge in [-0.1, -0.05) is 17.3 Å². The van der Waals surface area contributed by atoms with Crippen LogP contribution in [0.15, 0.2) is 46.3 Å². The number of sulfonamides is 1. The molecule has 1 unspecified atom stereocenters. The van der Waals surface area contributed by atoms with Gasteiger partial charge in [-0.25, -0.2) is 8.42 Å². The second-order valence-electron chi connectivity index (χ2n) is 6.14. The molecule has 0 aliphatic rings. The minimum atomic E-state index is -3.73. The normalized spacial score (nSPS) is 12.4. The van der Waals surface area contributed by atoms with E-state index in [0.717, 1.165) is 15.4 Å². The first kappa shape index (κ1) is 20.8. The number of methoxy groups -OCH3 is 1. The first-order valence-electron chi connectivity index (χ1n) is 8.57. The maximum atomic E-state index is 12.6. The quantitative estimate of drug-likeness (QED) is 0.576. The van der Waals surface area contributed by atoms with Gasteiger partial charge in [-0.15, -0.1) is 11.3 Å². The van der Waals surface area contributed by atoms with Crippen LogP contribution in [0.3, 0.4) is 0 Å². The van der Waals surface area contributed by atoms with E-state index in [4.69, 9.17) is 9.26 Å². The molecule has 154 valence electrons. The lowest BCUT2D eigenvalue weighted by Crippen LogP contribution is -2.47. The van der Waals surface area contributed by atoms with Gasteiger partial charge >= 0.3 is 0 Å². The Labute approximate surface area is 172 Å². The van der Waals surface area contributed by atoms with Crippen LogP contribution in [0.4, 0.5) is 5.69 Å². The van der Waals surface area contributed by atoms with Gasteiger partial charge in [0.1, 0.15) is 11.8 Å². The third kappa shape index (κ3) is 4.93. The molecule has 0 aliphatic carbocycles. The highest BCUT2D eigenvalue weighted by Gasteiger charge is 2.29. The van der Waals surface area contributed by atoms with Crippen LogP contribution in [0.25, 0.3) is 10.7 Å². The number of nitrogens with zero attached hydrogens (tertiary/aromatic N) is 3. The molecule has 1 atom stereocenters. The summed E-state index contributed by atoms with van der Waals surface area (Å²) in [7, 11) is -2.25. The molecule has 1 N–H and O–H groups in total. The minimum absolute atomic E-state index is 0.0166. The molecule has 29 heavy (non-hydrogen) atoms. The van der Waals surface area contributed by atoms with Crippen molar-refractivity contribution < 1.29 is 22.5 Å². The Morgan fingerprint density at radius 2 is 2.14 bits per heavy atom. The molecular weight excluding hydrogens is 416 g/mol. The van der Waals surface area contributed by atoms with Crippen molar-refractivity contribution in [2.24, 2.45) is 0 Å². The van der Waals surface area contributed by atoms with Gasteiger partial charge in [0.2, 0.25) is 27.6 Å². The lowest BCUT2D eigenvalue weighted by atomic mass is 10.2. The molecule has 3 aromatic rings. The van der Waals surface area contributed by atoms with Crippen molar-refractivity contribution >= 4 is 33.0 Å². The molecule has 1 aromatic carbocycles. The van der Waals surface area contributed by atoms with Gasteiger partial charge in [0.25, 0.3) is 0 Å². The van der Waals surface area contributed by atoms with Crippen LogP contribution in [0.2, 0.25) is 0 Å². The standard InChI is InChI=1S/C18H20N4O5S2/c1-12(22(29(3,24)25)13-6-4-7-14(10-13)26-2)18(23)19-11-16-20-17(21-27-16)15-8-5-9-28-15/h4-10,12H,11H2,1-3H3,(H,19,23). The zero-order valence-electron chi connectivity index (χ0n) is 16.0. The van der Waals surface area contributed by atoms with Gasteiger partial charge in [-0.2, -0.15) is 4.98 Å². The summed E-state index contributed by atoms with van der Waals surface area (Å²) < 4.78 is 36.0. The summed E-state index contributed by atoms with van der Waals surface area (Å²) in [6.07, 6.45) is 1.04. The molecular formula is C18H20N4O5S2. The fourth-order valence-electron chi connectivity index (χ4n) is 2.70. The molecule has 2 aromatic heterocycles. The van der Waals surface area contributed by atoms with Gasteiger partial charge in [0, 0.05) is 6.07 Å². The lowest BCUT2D eigenvalue weighted by Gasteiger charge is -2.28. The summed E-state index contributed by atoms with van der Waals surface area (Å²) in [5.41, 5.74) is 0.326. The molecule has 0 saturated heterocycles. The number of hydrogen-bond donors (Lipinski definition) is 1. The Morgan fingerprint density at radius 3 is 2.79 bits per heavy atom. The average molecular weight is 437 g/mol. The van der Waals surface area contributed by atoms with E-state index < -0.39 is 22.0 Å². The molecule has 3 rings (SSSR count). The number of aromatic nitrogens is 2. The number of ether oxygens (including phenoxy) is 1. The first-order valence-corrected chi connectivity index (χ1v) is 11.3. The maximum Gasteiger partial charge on any atom is 0.246 e. The number of benzene rings is 1. The predicted octanol–water partition coefficient (Wildman–Crippen LogP) is 2.28. The van der Waals surface area contributed by atoms with Crippen molar-refractivity contribution in [2.75, 3.05) is 17.7 Å². The van der Waals surface area contributed by atoms with Crippen molar-refractivity contribution in [3.05, 3.63) is 47.7 Å². The number of carbonyl (C=O) groups excluding carboxylic acids is 1. The van der Waals surface area contributed by atoms with Crippen LogP contribution >= 0.6 is 11.3 Å². The van der Waals surface area contributed by atoms with E-state index in [1.54, 1.807) is 24.3 Å². The van der Waals surface area contributed by atoms with Crippen LogP contribution in [0.1, 0.15) is 12.8 Å². The Hall–Kier alpha value is -2.92. The highest BCUT2D eigenvalue weighted by Crippen LogP contribution is 2.25. The summed E-state index contributed by atoms with van der Waals surface area (Å²) in [4.78, 5) is 17.7. The van der Waals surface area contributed by atoms with Crippen LogP contribution in [-0.4, -0.2) is 43.9 Å². The second kappa shape index (κ2) is 8.62. The van der Waals surface area contributed by atoms with Crippen LogP contribution < -0.4 is 14.4 Å². The maximum absolute atomic E-state index is 12.6. The van der Waals surface area contributed by atoms with Gasteiger partial charge in [0.15, 0.2) is 0 Å². The fraction of sp³-hybridized carbons (Fsp3) is 0.278. The van der Waals surface area contributed by atoms with E-state index in [-0.39, 0.29) is 12.4 Å². The summed E-state index contributed by atoms with van der Waals surface area (Å²) in [5.74, 6) is 0.637. The van der Waals surface area contributed by atoms with Gasteiger partial charge in [0.05, 0.1) is 30.5 Å². The summed E-state index contributed by atoms with van der Waals surface area (Å²) in [5, 5.41) is 8.41. The first-order chi connectivity index (χ1) is 13.8. The number of hydrogen-bond acceptors (Lipinski definition) is 8. The third-order valence-corrected chi connectivity index (χ3v) is 6.13. The number of amides is 1. The Bertz CT molecular complexity index is 1080. The molecule has 2 heterocycles. The van der Waals surface area contributed by atoms with Crippen LogP contribution in [0, 0.1) is 0 Å². The van der Waals surface area contributed by atoms with E-state index in [1.165, 1.54) is 25.4 Å². The van der Waals surface area contributed by atoms with Crippen LogP contribution in [-0.2, 0) is 21.4 Å². The van der Waals surface area contributed by atoms with Gasteiger partial charge in [-0.05, 0) is 30.5 Å². The van der Waals surface area contributed by atoms with Crippen molar-refractivity contribution in [3.8, 4) is 16.5 Å². The van der Waals surface area contributed by atoms with E-state index in [0.29, 0.717) is 17.3 Å². The Balaban J connectivity index is 1.72. The highest BCUT2D eigenvalue weighted by atomic mass is 32.2. The third-order valence-electron chi connectivity index (χ3n) is 4.02. The largest absolute Gasteiger partial charge is 0.497 e. The topological polar surface area (TPSA) is 115 Å². The molecule has 11 heteroatoms. The minimum Gasteiger partial charge on any atom is -0.497 e. The average Bonchev–Trinajstić information content (AvgIpc) is 3.36. The zero-order chi connectivity index (χ0) is 21.0. The lowest BCUT2D eigenvalue weighted by molar-refractivity contribution is -0.122. The molecule has 0 radical (unpaired) electrons. The van der Waals surface area contributed by atoms with Gasteiger partial charge in [-0.3, -0.25) is 9.10 Å². The number of nitrogens with one attached hydrogen (secondary N) is 1. The molecule has 0 saturated carbocycles. The van der Waals surface area contributed by atoms with E-state index >= 15 is 0 Å². The van der Waals surface area contributed by atoms with E-state index in [2.05, 4.69) is 15.5 Å². The summed E-state index contributed by atoms with van der Waals surface area (Å²) in [6.45, 7) is 1.48. The number of thiophene rings is 1. The molecule has 0 spiro atoms. The van der Waals surface area contributed by atoms with Crippen molar-refractivity contribution in [2.45, 2.75) is 19.5 Å². The Kier molecular flexibility index (Phi) is 6.18. The predicted molar refractivity (Wildman–Crippen MR) is 109 cm³/mol. The van der Waals surface area contributed by atoms with Crippen molar-refractivity contribution in [1.82, 2.24) is 15.5 Å². The smallest absolute Gasteiger partial charge is 0.246 e. The fourth-order valence-corrected chi connectivity index (χ4v) is 4.52. The molecule has 0 aliphatic heterocycles. The summed E-state index contributed by atoms with van der Waals surface area (Å²) in [6, 6.07) is 9.22. The van der Waals surface area contributed by atoms with Crippen LogP contribution in [0.5, 0.6) is 5.75 Å². The highest BCUT2D eigenvalue weighted by molar-refractivity contribution is 7.92. The molecule has 1 amide bonds. The molecule has 0 fully saturated rings. The monoisotopic (exact) mass is 436 g/mol. The van der Waals surface area contributed by atoms with E-state index in [1.807, 2.05) is 17.5 Å². The van der Waals surface area contributed by atoms with Gasteiger partial charge < -0.3 is 14.6 Å². The SMILES string of the molecule is COc1cccc(N(C(C)C(=O)NCc2nc(-c3cccs3)no2)S(C)(=O)=O)c1. The molecule has 0 bridgehead atoms. The number of carbonyl (C=O) groups is 1. The second-order valence-corrected chi connectivity index (χ2v) is 8.95. The van der Waals surface area contributed by atoms with Crippen molar-refractivity contribution in [3.63, 3.8) is 0 Å². The zero-order valence-corrected chi connectivity index (χ0v) is 17.7. The Morgan fingerprint density at radius 1 is 1.34 bits per heavy atom. The number of rotatable bonds is 8. The summed E-state index contributed by atoms with van der Waals surface area (Å²) >= 11 is 1.47.